The summed E-state index contributed by atoms with van der Waals surface area (Å²) in [6.45, 7) is 18.0. The van der Waals surface area contributed by atoms with Gasteiger partial charge in [-0.05, 0) is 112 Å². The minimum atomic E-state index is -1.56. The van der Waals surface area contributed by atoms with Crippen LogP contribution in [0.3, 0.4) is 0 Å². The maximum atomic E-state index is 14.7. The number of aliphatic hydroxyl groups excluding tert-OH is 4. The van der Waals surface area contributed by atoms with E-state index in [0.29, 0.717) is 70.0 Å². The van der Waals surface area contributed by atoms with E-state index in [0.717, 1.165) is 11.1 Å². The fourth-order valence-electron chi connectivity index (χ4n) is 17.2. The average molecular weight is 1670 g/mol. The minimum absolute atomic E-state index is 0.00335. The summed E-state index contributed by atoms with van der Waals surface area (Å²) in [6.07, 6.45) is -4.56. The second kappa shape index (κ2) is 49.1. The first-order chi connectivity index (χ1) is 56.4. The summed E-state index contributed by atoms with van der Waals surface area (Å²) in [5, 5.41) is 54.5. The predicted molar refractivity (Wildman–Crippen MR) is 445 cm³/mol. The zero-order chi connectivity index (χ0) is 88.1. The predicted octanol–water partition coefficient (Wildman–Crippen LogP) is 5.28. The Bertz CT molecular complexity index is 3680. The van der Waals surface area contributed by atoms with Gasteiger partial charge in [-0.3, -0.25) is 67.3 Å². The van der Waals surface area contributed by atoms with Crippen LogP contribution in [0.15, 0.2) is 66.7 Å². The number of hydrogen-bond donors (Lipinski definition) is 9. The number of nitrogens with one attached hydrogen (secondary N) is 4. The molecule has 664 valence electrons. The number of aliphatic hydroxyl groups is 4. The number of amides is 9. The zero-order valence-corrected chi connectivity index (χ0v) is 72.5. The van der Waals surface area contributed by atoms with Crippen molar-refractivity contribution in [2.75, 3.05) is 68.1 Å². The first-order valence-corrected chi connectivity index (χ1v) is 42.9. The smallest absolute Gasteiger partial charge is 0.312 e. The molecule has 0 spiro atoms. The van der Waals surface area contributed by atoms with Gasteiger partial charge in [-0.1, -0.05) is 136 Å². The second-order valence-electron chi connectivity index (χ2n) is 34.4. The number of Topliss-reactive ketones (excluding diaryl/α,β-unsaturated/α-hetero) is 5. The number of urea groups is 1. The van der Waals surface area contributed by atoms with Crippen molar-refractivity contribution in [1.82, 2.24) is 40.9 Å². The Morgan fingerprint density at radius 2 is 1.23 bits per heavy atom. The van der Waals surface area contributed by atoms with Crippen LogP contribution in [0.25, 0.3) is 0 Å². The first kappa shape index (κ1) is 99.7. The van der Waals surface area contributed by atoms with Crippen molar-refractivity contribution in [2.45, 2.75) is 282 Å². The fraction of sp³-hybridized carbons (Fsp3) is 0.697. The van der Waals surface area contributed by atoms with Crippen LogP contribution < -0.4 is 27.0 Å². The molecule has 30 nitrogen and oxygen atoms in total. The third kappa shape index (κ3) is 29.9. The third-order valence-electron chi connectivity index (χ3n) is 24.4. The molecular formula is C89H137N9O21. The van der Waals surface area contributed by atoms with E-state index in [1.165, 1.54) is 24.2 Å². The van der Waals surface area contributed by atoms with E-state index in [4.69, 9.17) is 24.7 Å². The number of ketones is 5. The Morgan fingerprint density at radius 1 is 0.613 bits per heavy atom. The lowest BCUT2D eigenvalue weighted by Gasteiger charge is -2.41. The lowest BCUT2D eigenvalue weighted by atomic mass is 9.83. The van der Waals surface area contributed by atoms with E-state index in [2.05, 4.69) is 21.3 Å². The molecule has 19 atom stereocenters. The molecule has 9 unspecified atom stereocenters. The van der Waals surface area contributed by atoms with Crippen LogP contribution in [0.4, 0.5) is 4.79 Å². The van der Waals surface area contributed by atoms with E-state index in [-0.39, 0.29) is 167 Å². The van der Waals surface area contributed by atoms with Crippen molar-refractivity contribution in [1.29, 1.82) is 0 Å². The highest BCUT2D eigenvalue weighted by atomic mass is 16.6. The van der Waals surface area contributed by atoms with Gasteiger partial charge in [0.25, 0.3) is 11.8 Å². The van der Waals surface area contributed by atoms with E-state index >= 15 is 0 Å². The number of benzene rings is 2. The summed E-state index contributed by atoms with van der Waals surface area (Å²) in [5.74, 6) is -7.36. The molecule has 0 radical (unpaired) electrons. The molecular weight excluding hydrogens is 1530 g/mol. The average Bonchev–Trinajstić information content (AvgIpc) is 1.80. The number of imide groups is 1. The molecule has 0 aliphatic carbocycles. The molecule has 3 saturated heterocycles. The molecule has 2 aromatic carbocycles. The van der Waals surface area contributed by atoms with Crippen LogP contribution in [0, 0.1) is 47.3 Å². The number of unbranched alkanes of at least 4 members (excludes halogenated alkanes) is 3. The van der Waals surface area contributed by atoms with Crippen molar-refractivity contribution >= 4 is 76.3 Å². The van der Waals surface area contributed by atoms with Gasteiger partial charge in [-0.25, -0.2) is 4.79 Å². The Balaban J connectivity index is 0.989. The van der Waals surface area contributed by atoms with Gasteiger partial charge in [0.1, 0.15) is 47.9 Å². The minimum Gasteiger partial charge on any atom is -0.388 e. The van der Waals surface area contributed by atoms with Gasteiger partial charge in [0.05, 0.1) is 67.5 Å². The molecule has 6 rings (SSSR count). The Morgan fingerprint density at radius 3 is 1.83 bits per heavy atom. The number of hydrogen-bond acceptors (Lipinski definition) is 22. The summed E-state index contributed by atoms with van der Waals surface area (Å²) >= 11 is 0. The van der Waals surface area contributed by atoms with Crippen LogP contribution in [0.2, 0.25) is 0 Å². The van der Waals surface area contributed by atoms with Gasteiger partial charge in [-0.2, -0.15) is 0 Å². The van der Waals surface area contributed by atoms with E-state index in [1.54, 1.807) is 56.9 Å². The molecule has 10 N–H and O–H groups in total. The van der Waals surface area contributed by atoms with Gasteiger partial charge < -0.3 is 76.2 Å². The van der Waals surface area contributed by atoms with E-state index in [1.807, 2.05) is 103 Å². The van der Waals surface area contributed by atoms with Crippen LogP contribution in [-0.4, -0.2) is 270 Å². The van der Waals surface area contributed by atoms with Crippen LogP contribution >= 0.6 is 0 Å². The molecule has 119 heavy (non-hydrogen) atoms. The van der Waals surface area contributed by atoms with Crippen LogP contribution in [0.1, 0.15) is 195 Å². The van der Waals surface area contributed by atoms with Crippen molar-refractivity contribution in [3.8, 4) is 0 Å². The molecule has 2 aromatic rings. The largest absolute Gasteiger partial charge is 0.388 e. The molecule has 4 aliphatic heterocycles. The number of methoxy groups -OCH3 is 2. The lowest BCUT2D eigenvalue weighted by molar-refractivity contribution is -0.149. The van der Waals surface area contributed by atoms with Crippen LogP contribution in [-0.2, 0) is 95.7 Å². The molecule has 4 heterocycles. The number of primary amides is 1. The molecule has 4 aliphatic rings. The Hall–Kier alpha value is -8.07. The van der Waals surface area contributed by atoms with Gasteiger partial charge in [0.15, 0.2) is 11.6 Å². The Kier molecular flexibility index (Phi) is 41.2. The van der Waals surface area contributed by atoms with E-state index in [9.17, 15) is 82.8 Å². The molecule has 0 aromatic heterocycles. The standard InChI is InChI=1S/C89H137N9O21/c1-15-55(8)80(96(12)88(114)64(53(4)5)48-69(103)79(54(6)7)95(10)11)71(116-13)50-78(107)97-42-24-29-66(97)85(117-14)56(9)67(101)45-60(43-58-25-19-18-20-26-58)86(112)91-40-38-57-30-32-59(33-31-57)44-68(102)65(28-23-39-92-89(90)115)94-87(113)63(52(2)3)46-62(100)47-72-82(109)84(111)74(119-72)51-93-75(104)49-73-83(110)81(108)70(118-73)35-34-61(99)27-21-16-17-22-41-98-76(105)36-37-77(98)106/h18-20,25-26,30-33,36-37,52-56,60,63-66,70-74,79-85,108-111H,15-17,21-24,27-29,34-35,38-51H2,1-14H3,(H,91,112)(H,93,104)(H,94,113)(H3,90,92,115)/t55-,56?,60+,63+,64-,65?,66?,70+,71?,72-,73-,74+,79?,80?,81+,82?,83-,84?,85?/m0/s1. The normalized spacial score (nSPS) is 22.5. The SMILES string of the molecule is CC[C@H](C)C(C(CC(=O)N1CCCC1C(OC)C(C)C(=O)C[C@@H](Cc1ccccc1)C(=O)NCCc1ccc(CC(=O)C(CCCNC(N)=O)NC(=O)[C@H](CC(=O)C[C@@H]2O[C@H](CNC(=O)C[C@@H]3O[C@H](CCC(=O)CCCCCCN4C(=O)C=CC4=O)[C@@H](O)[C@H]3O)C(O)C2O)C(C)C)cc1)OC)N(C)C(=O)[C@@H](CC(=O)C(C(C)C)N(C)C)C(C)C. The van der Waals surface area contributed by atoms with Crippen molar-refractivity contribution < 1.29 is 102 Å². The highest BCUT2D eigenvalue weighted by Crippen LogP contribution is 2.34. The van der Waals surface area contributed by atoms with Gasteiger partial charge >= 0.3 is 6.03 Å². The number of nitrogens with two attached hydrogens (primary N) is 1. The molecule has 30 heteroatoms. The molecule has 9 amide bonds. The highest BCUT2D eigenvalue weighted by Gasteiger charge is 2.48. The maximum Gasteiger partial charge on any atom is 0.312 e. The monoisotopic (exact) mass is 1670 g/mol. The molecule has 0 bridgehead atoms. The number of rotatable bonds is 54. The summed E-state index contributed by atoms with van der Waals surface area (Å²) in [7, 11) is 8.57. The summed E-state index contributed by atoms with van der Waals surface area (Å²) in [4.78, 5) is 182. The molecule has 3 fully saturated rings. The van der Waals surface area contributed by atoms with Crippen LogP contribution in [0.5, 0.6) is 0 Å². The van der Waals surface area contributed by atoms with Gasteiger partial charge in [0, 0.05) is 135 Å². The number of likely N-dealkylation sites (N-methyl/N-ethyl adjacent to an activating group) is 2. The van der Waals surface area contributed by atoms with Gasteiger partial charge in [-0.15, -0.1) is 0 Å². The maximum absolute atomic E-state index is 14.7. The Labute approximate surface area is 702 Å². The quantitative estimate of drug-likeness (QED) is 0.0300. The van der Waals surface area contributed by atoms with Crippen molar-refractivity contribution in [3.63, 3.8) is 0 Å². The number of likely N-dealkylation sites (tertiary alicyclic amines) is 1. The van der Waals surface area contributed by atoms with Crippen molar-refractivity contribution in [3.05, 3.63) is 83.4 Å². The number of carbonyl (C=O) groups excluding carboxylic acids is 13. The number of carbonyl (C=O) groups is 13. The topological polar surface area (TPSA) is 427 Å². The van der Waals surface area contributed by atoms with Gasteiger partial charge in [0.2, 0.25) is 29.5 Å². The summed E-state index contributed by atoms with van der Waals surface area (Å²) < 4.78 is 24.0. The molecule has 0 saturated carbocycles. The van der Waals surface area contributed by atoms with Crippen molar-refractivity contribution in [2.24, 2.45) is 53.1 Å². The zero-order valence-electron chi connectivity index (χ0n) is 72.5. The lowest BCUT2D eigenvalue weighted by Crippen LogP contribution is -2.54. The number of nitrogens with zero attached hydrogens (tertiary/aromatic N) is 4. The fourth-order valence-corrected chi connectivity index (χ4v) is 17.2. The third-order valence-corrected chi connectivity index (χ3v) is 24.4. The number of ether oxygens (including phenoxy) is 4. The second-order valence-corrected chi connectivity index (χ2v) is 34.4. The van der Waals surface area contributed by atoms with E-state index < -0.39 is 145 Å². The highest BCUT2D eigenvalue weighted by molar-refractivity contribution is 6.12. The summed E-state index contributed by atoms with van der Waals surface area (Å²) in [5.41, 5.74) is 7.63. The first-order valence-electron chi connectivity index (χ1n) is 42.9. The summed E-state index contributed by atoms with van der Waals surface area (Å²) in [6, 6.07) is 13.5.